The van der Waals surface area contributed by atoms with Crippen molar-refractivity contribution in [3.05, 3.63) is 64.9 Å². The maximum atomic E-state index is 12.8. The van der Waals surface area contributed by atoms with E-state index in [-0.39, 0.29) is 5.11 Å². The van der Waals surface area contributed by atoms with E-state index < -0.39 is 5.91 Å². The molecule has 138 valence electrons. The highest BCUT2D eigenvalue weighted by molar-refractivity contribution is 7.98. The summed E-state index contributed by atoms with van der Waals surface area (Å²) in [6.45, 7) is 1.67. The molecular formula is C19H16ClN3O2S2. The van der Waals surface area contributed by atoms with E-state index in [1.165, 1.54) is 0 Å². The largest absolute Gasteiger partial charge is 0.360 e. The first-order chi connectivity index (χ1) is 13.0. The van der Waals surface area contributed by atoms with Crippen LogP contribution in [0.2, 0.25) is 5.02 Å². The van der Waals surface area contributed by atoms with Gasteiger partial charge in [0.2, 0.25) is 0 Å². The lowest BCUT2D eigenvalue weighted by Crippen LogP contribution is -2.34. The maximum Gasteiger partial charge on any atom is 0.263 e. The number of aromatic nitrogens is 1. The van der Waals surface area contributed by atoms with E-state index in [1.54, 1.807) is 36.9 Å². The minimum absolute atomic E-state index is 0.184. The van der Waals surface area contributed by atoms with Crippen molar-refractivity contribution in [3.63, 3.8) is 0 Å². The van der Waals surface area contributed by atoms with E-state index in [4.69, 9.17) is 28.3 Å². The molecule has 0 fully saturated rings. The molecule has 0 saturated carbocycles. The van der Waals surface area contributed by atoms with Crippen molar-refractivity contribution in [3.8, 4) is 11.3 Å². The Kier molecular flexibility index (Phi) is 6.15. The number of carbonyl (C=O) groups is 1. The Morgan fingerprint density at radius 1 is 1.22 bits per heavy atom. The van der Waals surface area contributed by atoms with Crippen molar-refractivity contribution in [1.82, 2.24) is 10.5 Å². The Balaban J connectivity index is 1.79. The van der Waals surface area contributed by atoms with Crippen LogP contribution in [0.25, 0.3) is 11.3 Å². The van der Waals surface area contributed by atoms with E-state index in [0.29, 0.717) is 27.6 Å². The highest BCUT2D eigenvalue weighted by Gasteiger charge is 2.23. The van der Waals surface area contributed by atoms with E-state index in [9.17, 15) is 4.79 Å². The monoisotopic (exact) mass is 417 g/mol. The quantitative estimate of drug-likeness (QED) is 0.452. The second-order valence-electron chi connectivity index (χ2n) is 5.58. The molecule has 0 saturated heterocycles. The number of anilines is 1. The maximum absolute atomic E-state index is 12.8. The molecule has 3 aromatic rings. The van der Waals surface area contributed by atoms with E-state index in [2.05, 4.69) is 15.8 Å². The highest BCUT2D eigenvalue weighted by atomic mass is 35.5. The first-order valence-corrected chi connectivity index (χ1v) is 9.98. The van der Waals surface area contributed by atoms with Crippen molar-refractivity contribution < 1.29 is 9.32 Å². The number of rotatable bonds is 4. The second kappa shape index (κ2) is 8.56. The Morgan fingerprint density at radius 3 is 2.74 bits per heavy atom. The highest BCUT2D eigenvalue weighted by Crippen LogP contribution is 2.30. The fourth-order valence-electron chi connectivity index (χ4n) is 2.51. The third-order valence-corrected chi connectivity index (χ3v) is 5.03. The van der Waals surface area contributed by atoms with Gasteiger partial charge in [-0.25, -0.2) is 0 Å². The molecule has 1 aromatic heterocycles. The number of thiocarbonyl (C=S) groups is 1. The molecule has 0 spiro atoms. The van der Waals surface area contributed by atoms with E-state index >= 15 is 0 Å². The summed E-state index contributed by atoms with van der Waals surface area (Å²) in [6.07, 6.45) is 1.99. The van der Waals surface area contributed by atoms with Crippen molar-refractivity contribution in [1.29, 1.82) is 0 Å². The molecule has 2 aromatic carbocycles. The number of halogens is 1. The number of aryl methyl sites for hydroxylation is 1. The van der Waals surface area contributed by atoms with Crippen LogP contribution >= 0.6 is 35.6 Å². The minimum atomic E-state index is -0.415. The fraction of sp³-hybridized carbons (Fsp3) is 0.105. The normalized spacial score (nSPS) is 10.5. The first-order valence-electron chi connectivity index (χ1n) is 7.97. The van der Waals surface area contributed by atoms with Crippen LogP contribution in [0.15, 0.2) is 57.9 Å². The molecule has 5 nitrogen and oxygen atoms in total. The summed E-state index contributed by atoms with van der Waals surface area (Å²) in [5.41, 5.74) is 2.08. The molecule has 0 radical (unpaired) electrons. The number of nitrogens with zero attached hydrogens (tertiary/aromatic N) is 1. The summed E-state index contributed by atoms with van der Waals surface area (Å²) in [4.78, 5) is 13.9. The van der Waals surface area contributed by atoms with Crippen LogP contribution < -0.4 is 10.6 Å². The van der Waals surface area contributed by atoms with Gasteiger partial charge in [-0.05, 0) is 49.7 Å². The van der Waals surface area contributed by atoms with Crippen LogP contribution in [-0.2, 0) is 0 Å². The first kappa shape index (κ1) is 19.4. The lowest BCUT2D eigenvalue weighted by Gasteiger charge is -2.10. The predicted molar refractivity (Wildman–Crippen MR) is 114 cm³/mol. The van der Waals surface area contributed by atoms with Crippen LogP contribution in [0.1, 0.15) is 16.1 Å². The average molecular weight is 418 g/mol. The zero-order valence-electron chi connectivity index (χ0n) is 14.6. The minimum Gasteiger partial charge on any atom is -0.360 e. The molecule has 0 aliphatic heterocycles. The Morgan fingerprint density at radius 2 is 2.00 bits per heavy atom. The lowest BCUT2D eigenvalue weighted by molar-refractivity contribution is 0.0977. The average Bonchev–Trinajstić information content (AvgIpc) is 3.03. The molecule has 0 aliphatic carbocycles. The van der Waals surface area contributed by atoms with Crippen LogP contribution in [0.3, 0.4) is 0 Å². The van der Waals surface area contributed by atoms with Gasteiger partial charge < -0.3 is 9.84 Å². The summed E-state index contributed by atoms with van der Waals surface area (Å²) in [6, 6.07) is 14.9. The number of carbonyl (C=O) groups excluding carboxylic acids is 1. The smallest absolute Gasteiger partial charge is 0.263 e. The molecule has 0 unspecified atom stereocenters. The molecule has 2 N–H and O–H groups in total. The van der Waals surface area contributed by atoms with Crippen LogP contribution in [0.5, 0.6) is 0 Å². The second-order valence-corrected chi connectivity index (χ2v) is 7.28. The molecule has 1 amide bonds. The molecular weight excluding hydrogens is 402 g/mol. The number of thioether (sulfide) groups is 1. The molecule has 3 rings (SSSR count). The van der Waals surface area contributed by atoms with Crippen molar-refractivity contribution in [2.24, 2.45) is 0 Å². The van der Waals surface area contributed by atoms with E-state index in [0.717, 1.165) is 10.6 Å². The SMILES string of the molecule is CSc1cccc(NC(=S)NC(=O)c2c(-c3ccccc3Cl)noc2C)c1. The van der Waals surface area contributed by atoms with Gasteiger partial charge in [0.05, 0.1) is 5.02 Å². The number of benzene rings is 2. The van der Waals surface area contributed by atoms with Crippen LogP contribution in [0.4, 0.5) is 5.69 Å². The van der Waals surface area contributed by atoms with Crippen molar-refractivity contribution >= 4 is 52.3 Å². The molecule has 0 atom stereocenters. The zero-order valence-corrected chi connectivity index (χ0v) is 17.0. The van der Waals surface area contributed by atoms with Gasteiger partial charge in [0.15, 0.2) is 5.11 Å². The summed E-state index contributed by atoms with van der Waals surface area (Å²) < 4.78 is 5.22. The Hall–Kier alpha value is -2.35. The summed E-state index contributed by atoms with van der Waals surface area (Å²) in [5, 5.41) is 10.3. The zero-order chi connectivity index (χ0) is 19.4. The summed E-state index contributed by atoms with van der Waals surface area (Å²) in [5.74, 6) is -0.0307. The number of amides is 1. The van der Waals surface area contributed by atoms with Gasteiger partial charge in [-0.15, -0.1) is 11.8 Å². The van der Waals surface area contributed by atoms with Crippen LogP contribution in [0, 0.1) is 6.92 Å². The van der Waals surface area contributed by atoms with Gasteiger partial charge in [-0.3, -0.25) is 10.1 Å². The third kappa shape index (κ3) is 4.50. The van der Waals surface area contributed by atoms with Crippen LogP contribution in [-0.4, -0.2) is 22.4 Å². The van der Waals surface area contributed by atoms with Gasteiger partial charge in [-0.1, -0.05) is 41.0 Å². The number of hydrogen-bond acceptors (Lipinski definition) is 5. The molecule has 8 heteroatoms. The molecule has 0 aliphatic rings. The molecule has 1 heterocycles. The van der Waals surface area contributed by atoms with Gasteiger partial charge in [-0.2, -0.15) is 0 Å². The summed E-state index contributed by atoms with van der Waals surface area (Å²) >= 11 is 13.1. The third-order valence-electron chi connectivity index (χ3n) is 3.77. The Labute approximate surface area is 171 Å². The summed E-state index contributed by atoms with van der Waals surface area (Å²) in [7, 11) is 0. The van der Waals surface area contributed by atoms with Crippen molar-refractivity contribution in [2.45, 2.75) is 11.8 Å². The van der Waals surface area contributed by atoms with Gasteiger partial charge >= 0.3 is 0 Å². The van der Waals surface area contributed by atoms with Gasteiger partial charge in [0.1, 0.15) is 17.0 Å². The molecule has 0 bridgehead atoms. The fourth-order valence-corrected chi connectivity index (χ4v) is 3.40. The van der Waals surface area contributed by atoms with Crippen molar-refractivity contribution in [2.75, 3.05) is 11.6 Å². The van der Waals surface area contributed by atoms with Gasteiger partial charge in [0.25, 0.3) is 5.91 Å². The predicted octanol–water partition coefficient (Wildman–Crippen LogP) is 5.15. The molecule has 27 heavy (non-hydrogen) atoms. The number of hydrogen-bond donors (Lipinski definition) is 2. The number of nitrogens with one attached hydrogen (secondary N) is 2. The standard InChI is InChI=1S/C19H16ClN3O2S2/c1-11-16(17(23-25-11)14-8-3-4-9-15(14)20)18(24)22-19(26)21-12-6-5-7-13(10-12)27-2/h3-10H,1-2H3,(H2,21,22,24,26). The van der Waals surface area contributed by atoms with E-state index in [1.807, 2.05) is 36.6 Å². The lowest BCUT2D eigenvalue weighted by atomic mass is 10.1. The topological polar surface area (TPSA) is 67.2 Å². The van der Waals surface area contributed by atoms with Gasteiger partial charge in [0, 0.05) is 16.1 Å². The Bertz CT molecular complexity index is 1000.